The van der Waals surface area contributed by atoms with Crippen LogP contribution in [0, 0.1) is 0 Å². The number of ether oxygens (including phenoxy) is 2. The molecule has 2 aromatic rings. The average molecular weight is 421 g/mol. The number of rotatable bonds is 8. The van der Waals surface area contributed by atoms with Gasteiger partial charge in [-0.2, -0.15) is 0 Å². The minimum absolute atomic E-state index is 0.171. The van der Waals surface area contributed by atoms with Crippen molar-refractivity contribution in [2.45, 2.75) is 32.6 Å². The van der Waals surface area contributed by atoms with E-state index in [2.05, 4.69) is 41.0 Å². The van der Waals surface area contributed by atoms with Crippen LogP contribution in [0.2, 0.25) is 0 Å². The van der Waals surface area contributed by atoms with Crippen LogP contribution in [0.25, 0.3) is 0 Å². The first-order chi connectivity index (χ1) is 15.2. The van der Waals surface area contributed by atoms with Crippen molar-refractivity contribution < 1.29 is 14.3 Å². The third-order valence-electron chi connectivity index (χ3n) is 6.11. The van der Waals surface area contributed by atoms with Crippen molar-refractivity contribution in [1.82, 2.24) is 4.90 Å². The van der Waals surface area contributed by atoms with Crippen molar-refractivity contribution in [3.05, 3.63) is 65.9 Å². The lowest BCUT2D eigenvalue weighted by molar-refractivity contribution is 0.0977. The molecule has 0 N–H and O–H groups in total. The van der Waals surface area contributed by atoms with Crippen LogP contribution in [-0.2, 0) is 6.42 Å². The number of anilines is 1. The maximum absolute atomic E-state index is 12.6. The van der Waals surface area contributed by atoms with Crippen molar-refractivity contribution in [2.75, 3.05) is 44.2 Å². The monoisotopic (exact) mass is 420 g/mol. The fourth-order valence-electron chi connectivity index (χ4n) is 4.29. The van der Waals surface area contributed by atoms with Gasteiger partial charge < -0.3 is 14.4 Å². The number of hydrogen-bond acceptors (Lipinski definition) is 5. The van der Waals surface area contributed by atoms with Gasteiger partial charge in [0.05, 0.1) is 6.26 Å². The smallest absolute Gasteiger partial charge is 0.168 e. The van der Waals surface area contributed by atoms with Crippen LogP contribution in [0.4, 0.5) is 5.69 Å². The van der Waals surface area contributed by atoms with Crippen LogP contribution in [0.1, 0.15) is 42.1 Å². The zero-order chi connectivity index (χ0) is 21.5. The molecular weight excluding hydrogens is 388 g/mol. The van der Waals surface area contributed by atoms with Gasteiger partial charge in [-0.05, 0) is 61.7 Å². The number of aryl methyl sites for hydroxylation is 1. The molecule has 1 saturated heterocycles. The van der Waals surface area contributed by atoms with Crippen LogP contribution in [-0.4, -0.2) is 50.0 Å². The van der Waals surface area contributed by atoms with Gasteiger partial charge in [0.15, 0.2) is 17.3 Å². The minimum Gasteiger partial charge on any atom is -0.485 e. The van der Waals surface area contributed by atoms with Gasteiger partial charge >= 0.3 is 0 Å². The van der Waals surface area contributed by atoms with Gasteiger partial charge in [-0.25, -0.2) is 0 Å². The molecule has 0 radical (unpaired) electrons. The third kappa shape index (κ3) is 5.47. The molecule has 2 aliphatic heterocycles. The zero-order valence-corrected chi connectivity index (χ0v) is 18.4. The lowest BCUT2D eigenvalue weighted by atomic mass is 10.0. The standard InChI is InChI=1S/C26H32N2O3/c1-2-21-8-3-4-9-23(21)28-16-14-27(15-17-28)13-6-5-10-24(29)22-11-12-25-26(20-22)31-19-7-18-30-25/h3-4,7-9,11-12,18,20H,2,5-6,10,13-17,19H2,1H3. The quantitative estimate of drug-likeness (QED) is 0.457. The van der Waals surface area contributed by atoms with Crippen LogP contribution >= 0.6 is 0 Å². The molecule has 0 amide bonds. The van der Waals surface area contributed by atoms with E-state index in [1.807, 2.05) is 18.2 Å². The van der Waals surface area contributed by atoms with Crippen molar-refractivity contribution >= 4 is 11.5 Å². The number of Topliss-reactive ketones (excluding diaryl/α,β-unsaturated/α-hetero) is 1. The Morgan fingerprint density at radius 2 is 1.84 bits per heavy atom. The predicted molar refractivity (Wildman–Crippen MR) is 124 cm³/mol. The van der Waals surface area contributed by atoms with Crippen LogP contribution in [0.15, 0.2) is 54.8 Å². The number of nitrogens with zero attached hydrogens (tertiary/aromatic N) is 2. The van der Waals surface area contributed by atoms with E-state index in [0.29, 0.717) is 30.1 Å². The summed E-state index contributed by atoms with van der Waals surface area (Å²) in [6.07, 6.45) is 7.03. The van der Waals surface area contributed by atoms with Gasteiger partial charge in [0, 0.05) is 43.9 Å². The van der Waals surface area contributed by atoms with Gasteiger partial charge in [0.1, 0.15) is 6.61 Å². The normalized spacial score (nSPS) is 16.2. The molecule has 2 aromatic carbocycles. The number of fused-ring (bicyclic) bond motifs is 1. The second kappa shape index (κ2) is 10.5. The van der Waals surface area contributed by atoms with E-state index in [1.54, 1.807) is 12.3 Å². The number of para-hydroxylation sites is 1. The Labute approximate surface area is 185 Å². The van der Waals surface area contributed by atoms with E-state index in [-0.39, 0.29) is 5.78 Å². The minimum atomic E-state index is 0.171. The van der Waals surface area contributed by atoms with Crippen LogP contribution in [0.3, 0.4) is 0 Å². The number of ketones is 1. The average Bonchev–Trinajstić information content (AvgIpc) is 3.07. The Balaban J connectivity index is 1.19. The Kier molecular flexibility index (Phi) is 7.26. The predicted octanol–water partition coefficient (Wildman–Crippen LogP) is 4.71. The summed E-state index contributed by atoms with van der Waals surface area (Å²) in [4.78, 5) is 17.6. The second-order valence-corrected chi connectivity index (χ2v) is 8.15. The topological polar surface area (TPSA) is 42.0 Å². The summed E-state index contributed by atoms with van der Waals surface area (Å²) in [6, 6.07) is 14.2. The summed E-state index contributed by atoms with van der Waals surface area (Å²) >= 11 is 0. The van der Waals surface area contributed by atoms with E-state index in [1.165, 1.54) is 11.3 Å². The number of unbranched alkanes of at least 4 members (excludes halogenated alkanes) is 1. The molecule has 164 valence electrons. The SMILES string of the molecule is CCc1ccccc1N1CCN(CCCCC(=O)c2ccc3c(c2)OCC=CO3)CC1. The molecule has 0 bridgehead atoms. The van der Waals surface area contributed by atoms with E-state index in [0.717, 1.165) is 52.0 Å². The molecular formula is C26H32N2O3. The molecule has 31 heavy (non-hydrogen) atoms. The summed E-state index contributed by atoms with van der Waals surface area (Å²) in [5.41, 5.74) is 3.52. The number of piperazine rings is 1. The fourth-order valence-corrected chi connectivity index (χ4v) is 4.29. The van der Waals surface area contributed by atoms with Crippen molar-refractivity contribution in [3.8, 4) is 11.5 Å². The first-order valence-corrected chi connectivity index (χ1v) is 11.4. The Morgan fingerprint density at radius 1 is 1.00 bits per heavy atom. The lowest BCUT2D eigenvalue weighted by Crippen LogP contribution is -2.46. The summed E-state index contributed by atoms with van der Waals surface area (Å²) in [7, 11) is 0. The largest absolute Gasteiger partial charge is 0.485 e. The molecule has 0 saturated carbocycles. The van der Waals surface area contributed by atoms with Crippen molar-refractivity contribution in [2.24, 2.45) is 0 Å². The maximum Gasteiger partial charge on any atom is 0.168 e. The molecule has 1 fully saturated rings. The number of benzene rings is 2. The van der Waals surface area contributed by atoms with Gasteiger partial charge in [0.25, 0.3) is 0 Å². The van der Waals surface area contributed by atoms with E-state index < -0.39 is 0 Å². The van der Waals surface area contributed by atoms with Gasteiger partial charge in [-0.1, -0.05) is 25.1 Å². The molecule has 5 heteroatoms. The molecule has 2 aliphatic rings. The molecule has 2 heterocycles. The van der Waals surface area contributed by atoms with Crippen LogP contribution in [0.5, 0.6) is 11.5 Å². The van der Waals surface area contributed by atoms with Gasteiger partial charge in [0.2, 0.25) is 0 Å². The third-order valence-corrected chi connectivity index (χ3v) is 6.11. The highest BCUT2D eigenvalue weighted by atomic mass is 16.5. The molecule has 0 aromatic heterocycles. The Hall–Kier alpha value is -2.79. The maximum atomic E-state index is 12.6. The van der Waals surface area contributed by atoms with Crippen molar-refractivity contribution in [3.63, 3.8) is 0 Å². The van der Waals surface area contributed by atoms with Crippen molar-refractivity contribution in [1.29, 1.82) is 0 Å². The molecule has 0 aliphatic carbocycles. The lowest BCUT2D eigenvalue weighted by Gasteiger charge is -2.37. The van der Waals surface area contributed by atoms with E-state index in [4.69, 9.17) is 9.47 Å². The number of carbonyl (C=O) groups excluding carboxylic acids is 1. The number of carbonyl (C=O) groups is 1. The van der Waals surface area contributed by atoms with Gasteiger partial charge in [-0.3, -0.25) is 9.69 Å². The molecule has 4 rings (SSSR count). The summed E-state index contributed by atoms with van der Waals surface area (Å²) in [5.74, 6) is 1.47. The van der Waals surface area contributed by atoms with E-state index in [9.17, 15) is 4.79 Å². The summed E-state index contributed by atoms with van der Waals surface area (Å²) < 4.78 is 11.1. The van der Waals surface area contributed by atoms with Gasteiger partial charge in [-0.15, -0.1) is 0 Å². The molecule has 0 spiro atoms. The highest BCUT2D eigenvalue weighted by Gasteiger charge is 2.18. The first-order valence-electron chi connectivity index (χ1n) is 11.4. The number of hydrogen-bond donors (Lipinski definition) is 0. The zero-order valence-electron chi connectivity index (χ0n) is 18.4. The Bertz CT molecular complexity index is 917. The first kappa shape index (κ1) is 21.4. The highest BCUT2D eigenvalue weighted by Crippen LogP contribution is 2.30. The van der Waals surface area contributed by atoms with Crippen LogP contribution < -0.4 is 14.4 Å². The van der Waals surface area contributed by atoms with E-state index >= 15 is 0 Å². The Morgan fingerprint density at radius 3 is 2.68 bits per heavy atom. The summed E-state index contributed by atoms with van der Waals surface area (Å²) in [6.45, 7) is 8.06. The second-order valence-electron chi connectivity index (χ2n) is 8.15. The summed E-state index contributed by atoms with van der Waals surface area (Å²) in [5, 5.41) is 0. The highest BCUT2D eigenvalue weighted by molar-refractivity contribution is 5.96. The molecule has 0 atom stereocenters. The fraction of sp³-hybridized carbons (Fsp3) is 0.423. The molecule has 5 nitrogen and oxygen atoms in total. The molecule has 0 unspecified atom stereocenters.